The summed E-state index contributed by atoms with van der Waals surface area (Å²) in [6, 6.07) is -0.357. The van der Waals surface area contributed by atoms with Crippen LogP contribution in [0.4, 0.5) is 5.13 Å². The summed E-state index contributed by atoms with van der Waals surface area (Å²) in [4.78, 5) is 48.0. The number of anilines is 1. The number of oxime groups is 1. The standard InChI is InChI=1S/C18H19N7O5S3/c1-6-11(22-17(19)31-6)12(23-30)14(26)20-5-8-9-3-4-10(32-18-21-7(2)33-24-18)13(16(28)29)25(9)15(8)27/h8-9,30H,3-5H2,1-2H3,(H2,19,22)(H,20,26)(H,28,29)/b23-12-/t8-,9+/m0/s1. The summed E-state index contributed by atoms with van der Waals surface area (Å²) in [5.74, 6) is -2.88. The van der Waals surface area contributed by atoms with E-state index in [2.05, 4.69) is 24.8 Å². The lowest BCUT2D eigenvalue weighted by Crippen LogP contribution is -2.65. The molecule has 33 heavy (non-hydrogen) atoms. The van der Waals surface area contributed by atoms with E-state index in [9.17, 15) is 24.7 Å². The van der Waals surface area contributed by atoms with E-state index in [1.165, 1.54) is 16.4 Å². The number of nitrogens with two attached hydrogens (primary N) is 1. The van der Waals surface area contributed by atoms with Gasteiger partial charge in [-0.3, -0.25) is 9.59 Å². The number of amides is 2. The first kappa shape index (κ1) is 23.1. The third-order valence-corrected chi connectivity index (χ3v) is 7.83. The molecule has 0 radical (unpaired) electrons. The quantitative estimate of drug-likeness (QED) is 0.183. The average molecular weight is 510 g/mol. The molecule has 0 saturated carbocycles. The number of carbonyl (C=O) groups is 3. The second kappa shape index (κ2) is 9.07. The molecular weight excluding hydrogens is 490 g/mol. The van der Waals surface area contributed by atoms with Crippen LogP contribution in [0.5, 0.6) is 0 Å². The summed E-state index contributed by atoms with van der Waals surface area (Å²) in [7, 11) is 0. The van der Waals surface area contributed by atoms with Gasteiger partial charge < -0.3 is 26.3 Å². The number of nitrogen functional groups attached to an aromatic ring is 1. The number of aliphatic carboxylic acids is 1. The number of β-lactam (4-membered cyclic amide) rings is 1. The first-order valence-corrected chi connectivity index (χ1v) is 12.1. The zero-order chi connectivity index (χ0) is 23.9. The molecule has 1 fully saturated rings. The Kier molecular flexibility index (Phi) is 6.36. The number of aryl methyl sites for hydroxylation is 2. The van der Waals surface area contributed by atoms with Crippen LogP contribution in [0.15, 0.2) is 20.9 Å². The molecular formula is C18H19N7O5S3. The predicted octanol–water partition coefficient (Wildman–Crippen LogP) is 1.20. The van der Waals surface area contributed by atoms with Gasteiger partial charge in [-0.15, -0.1) is 11.3 Å². The number of carboxylic acids is 1. The van der Waals surface area contributed by atoms with Gasteiger partial charge in [0.15, 0.2) is 10.8 Å². The molecule has 2 aliphatic rings. The fourth-order valence-corrected chi connectivity index (χ4v) is 6.13. The molecule has 0 bridgehead atoms. The molecule has 174 valence electrons. The Balaban J connectivity index is 1.45. The molecule has 0 aromatic carbocycles. The number of carbonyl (C=O) groups excluding carboxylic acids is 2. The molecule has 5 N–H and O–H groups in total. The van der Waals surface area contributed by atoms with Gasteiger partial charge in [-0.2, -0.15) is 4.37 Å². The molecule has 15 heteroatoms. The van der Waals surface area contributed by atoms with Gasteiger partial charge in [-0.25, -0.2) is 14.8 Å². The Hall–Kier alpha value is -3.04. The van der Waals surface area contributed by atoms with E-state index in [1.807, 2.05) is 0 Å². The Morgan fingerprint density at radius 1 is 1.36 bits per heavy atom. The van der Waals surface area contributed by atoms with Gasteiger partial charge >= 0.3 is 5.97 Å². The van der Waals surface area contributed by atoms with Crippen LogP contribution in [0.25, 0.3) is 0 Å². The van der Waals surface area contributed by atoms with E-state index in [0.29, 0.717) is 27.8 Å². The Morgan fingerprint density at radius 2 is 2.12 bits per heavy atom. The number of nitrogens with zero attached hydrogens (tertiary/aromatic N) is 5. The van der Waals surface area contributed by atoms with Crippen LogP contribution in [0.3, 0.4) is 0 Å². The largest absolute Gasteiger partial charge is 0.477 e. The minimum Gasteiger partial charge on any atom is -0.477 e. The normalized spacial score (nSPS) is 20.5. The molecule has 2 aromatic heterocycles. The van der Waals surface area contributed by atoms with Gasteiger partial charge in [0.05, 0.1) is 12.0 Å². The zero-order valence-electron chi connectivity index (χ0n) is 17.4. The fourth-order valence-electron chi connectivity index (χ4n) is 3.84. The predicted molar refractivity (Wildman–Crippen MR) is 121 cm³/mol. The van der Waals surface area contributed by atoms with Gasteiger partial charge in [0.1, 0.15) is 16.4 Å². The molecule has 1 saturated heterocycles. The average Bonchev–Trinajstić information content (AvgIpc) is 3.32. The van der Waals surface area contributed by atoms with Crippen molar-refractivity contribution in [3.05, 3.63) is 26.2 Å². The second-order valence-electron chi connectivity index (χ2n) is 7.31. The van der Waals surface area contributed by atoms with Crippen molar-refractivity contribution in [3.63, 3.8) is 0 Å². The first-order chi connectivity index (χ1) is 15.7. The highest BCUT2D eigenvalue weighted by Crippen LogP contribution is 2.44. The van der Waals surface area contributed by atoms with Gasteiger partial charge in [0.25, 0.3) is 5.91 Å². The maximum absolute atomic E-state index is 12.8. The molecule has 0 aliphatic carbocycles. The number of hydrogen-bond donors (Lipinski definition) is 4. The van der Waals surface area contributed by atoms with Crippen molar-refractivity contribution >= 4 is 63.3 Å². The van der Waals surface area contributed by atoms with E-state index in [0.717, 1.165) is 28.1 Å². The zero-order valence-corrected chi connectivity index (χ0v) is 19.9. The number of thioether (sulfide) groups is 1. The van der Waals surface area contributed by atoms with Gasteiger partial charge in [0.2, 0.25) is 11.1 Å². The van der Waals surface area contributed by atoms with Crippen molar-refractivity contribution in [1.82, 2.24) is 24.6 Å². The SMILES string of the molecule is Cc1nc(SC2=C(C(=O)O)N3C(=O)[C@@H](CNC(=O)/C(=N\O)c4nc(N)sc4C)[C@H]3CC2)ns1. The highest BCUT2D eigenvalue weighted by Gasteiger charge is 2.52. The highest BCUT2D eigenvalue weighted by atomic mass is 32.2. The number of thiazole rings is 1. The van der Waals surface area contributed by atoms with Crippen molar-refractivity contribution in [1.29, 1.82) is 0 Å². The van der Waals surface area contributed by atoms with Gasteiger partial charge in [-0.05, 0) is 38.2 Å². The smallest absolute Gasteiger partial charge is 0.353 e. The summed E-state index contributed by atoms with van der Waals surface area (Å²) < 4.78 is 4.18. The number of hydrogen-bond acceptors (Lipinski definition) is 12. The number of aromatic nitrogens is 3. The summed E-state index contributed by atoms with van der Waals surface area (Å²) in [6.45, 7) is 3.47. The topological polar surface area (TPSA) is 184 Å². The number of carboxylic acid groups (broad SMARTS) is 1. The molecule has 12 nitrogen and oxygen atoms in total. The number of rotatable bonds is 7. The molecule has 0 spiro atoms. The molecule has 2 aliphatic heterocycles. The number of nitrogens with one attached hydrogen (secondary N) is 1. The monoisotopic (exact) mass is 509 g/mol. The second-order valence-corrected chi connectivity index (χ2v) is 10.6. The highest BCUT2D eigenvalue weighted by molar-refractivity contribution is 8.03. The lowest BCUT2D eigenvalue weighted by molar-refractivity contribution is -0.158. The van der Waals surface area contributed by atoms with Crippen molar-refractivity contribution in [3.8, 4) is 0 Å². The van der Waals surface area contributed by atoms with Crippen molar-refractivity contribution < 1.29 is 24.7 Å². The van der Waals surface area contributed by atoms with Crippen LogP contribution in [-0.2, 0) is 14.4 Å². The maximum Gasteiger partial charge on any atom is 0.353 e. The Bertz CT molecular complexity index is 1200. The van der Waals surface area contributed by atoms with Crippen LogP contribution in [0.2, 0.25) is 0 Å². The third-order valence-electron chi connectivity index (χ3n) is 5.28. The minimum atomic E-state index is -1.20. The third kappa shape index (κ3) is 4.30. The number of fused-ring (bicyclic) bond motifs is 1. The van der Waals surface area contributed by atoms with E-state index < -0.39 is 23.7 Å². The summed E-state index contributed by atoms with van der Waals surface area (Å²) in [5, 5.41) is 26.1. The van der Waals surface area contributed by atoms with Crippen molar-refractivity contribution in [2.24, 2.45) is 11.1 Å². The molecule has 4 rings (SSSR count). The Labute approximate surface area is 199 Å². The van der Waals surface area contributed by atoms with E-state index >= 15 is 0 Å². The van der Waals surface area contributed by atoms with Crippen LogP contribution >= 0.6 is 34.6 Å². The van der Waals surface area contributed by atoms with E-state index in [1.54, 1.807) is 13.8 Å². The van der Waals surface area contributed by atoms with Crippen molar-refractivity contribution in [2.45, 2.75) is 37.9 Å². The first-order valence-electron chi connectivity index (χ1n) is 9.72. The molecule has 4 heterocycles. The maximum atomic E-state index is 12.8. The molecule has 0 unspecified atom stereocenters. The lowest BCUT2D eigenvalue weighted by atomic mass is 9.81. The van der Waals surface area contributed by atoms with Crippen molar-refractivity contribution in [2.75, 3.05) is 12.3 Å². The van der Waals surface area contributed by atoms with Crippen LogP contribution in [-0.4, -0.2) is 65.6 Å². The van der Waals surface area contributed by atoms with Crippen LogP contribution < -0.4 is 11.1 Å². The lowest BCUT2D eigenvalue weighted by Gasteiger charge is -2.50. The summed E-state index contributed by atoms with van der Waals surface area (Å²) >= 11 is 3.53. The fraction of sp³-hybridized carbons (Fsp3) is 0.389. The summed E-state index contributed by atoms with van der Waals surface area (Å²) in [5.41, 5.74) is 5.44. The van der Waals surface area contributed by atoms with E-state index in [-0.39, 0.29) is 34.8 Å². The number of allylic oxidation sites excluding steroid dienone is 1. The van der Waals surface area contributed by atoms with Crippen LogP contribution in [0, 0.1) is 19.8 Å². The molecule has 2 atom stereocenters. The molecule has 2 amide bonds. The van der Waals surface area contributed by atoms with Gasteiger partial charge in [0, 0.05) is 16.3 Å². The summed E-state index contributed by atoms with van der Waals surface area (Å²) in [6.07, 6.45) is 0.987. The Morgan fingerprint density at radius 3 is 2.70 bits per heavy atom. The van der Waals surface area contributed by atoms with Crippen LogP contribution in [0.1, 0.15) is 28.4 Å². The van der Waals surface area contributed by atoms with E-state index in [4.69, 9.17) is 5.73 Å². The molecule has 2 aromatic rings. The van der Waals surface area contributed by atoms with Gasteiger partial charge in [-0.1, -0.05) is 16.9 Å². The minimum absolute atomic E-state index is 0.0290.